The van der Waals surface area contributed by atoms with Gasteiger partial charge in [-0.25, -0.2) is 0 Å². The zero-order valence-corrected chi connectivity index (χ0v) is 13.0. The van der Waals surface area contributed by atoms with Crippen molar-refractivity contribution in [2.75, 3.05) is 32.7 Å². The first-order valence-corrected chi connectivity index (χ1v) is 8.15. The van der Waals surface area contributed by atoms with Gasteiger partial charge in [-0.15, -0.1) is 0 Å². The molecule has 2 heterocycles. The van der Waals surface area contributed by atoms with Gasteiger partial charge in [0.1, 0.15) is 0 Å². The molecule has 2 amide bonds. The van der Waals surface area contributed by atoms with Crippen molar-refractivity contribution in [2.24, 2.45) is 0 Å². The smallest absolute Gasteiger partial charge is 0.234 e. The van der Waals surface area contributed by atoms with Gasteiger partial charge in [-0.05, 0) is 38.8 Å². The first kappa shape index (κ1) is 16.2. The molecule has 2 fully saturated rings. The van der Waals surface area contributed by atoms with Crippen molar-refractivity contribution < 1.29 is 9.59 Å². The molecule has 0 aromatic rings. The summed E-state index contributed by atoms with van der Waals surface area (Å²) >= 11 is 0. The van der Waals surface area contributed by atoms with Crippen LogP contribution in [-0.4, -0.2) is 61.5 Å². The Hall–Kier alpha value is -1.14. The Labute approximate surface area is 127 Å². The second-order valence-corrected chi connectivity index (χ2v) is 6.07. The molecule has 0 radical (unpaired) electrons. The van der Waals surface area contributed by atoms with Crippen molar-refractivity contribution in [3.05, 3.63) is 0 Å². The Kier molecular flexibility index (Phi) is 6.45. The number of rotatable bonds is 6. The molecule has 2 atom stereocenters. The van der Waals surface area contributed by atoms with E-state index in [0.29, 0.717) is 31.7 Å². The van der Waals surface area contributed by atoms with E-state index in [1.165, 1.54) is 39.0 Å². The topological polar surface area (TPSA) is 73.5 Å². The lowest BCUT2D eigenvalue weighted by Gasteiger charge is -2.38. The van der Waals surface area contributed by atoms with Crippen LogP contribution in [0, 0.1) is 0 Å². The minimum absolute atomic E-state index is 0.0604. The fraction of sp³-hybridized carbons (Fsp3) is 0.867. The molecule has 3 N–H and O–H groups in total. The minimum Gasteiger partial charge on any atom is -0.355 e. The van der Waals surface area contributed by atoms with Crippen LogP contribution in [0.15, 0.2) is 0 Å². The minimum atomic E-state index is -0.0624. The van der Waals surface area contributed by atoms with Crippen molar-refractivity contribution in [3.8, 4) is 0 Å². The molecule has 21 heavy (non-hydrogen) atoms. The van der Waals surface area contributed by atoms with E-state index < -0.39 is 0 Å². The third kappa shape index (κ3) is 5.28. The Morgan fingerprint density at radius 2 is 1.95 bits per heavy atom. The Morgan fingerprint density at radius 1 is 1.14 bits per heavy atom. The lowest BCUT2D eigenvalue weighted by atomic mass is 9.94. The van der Waals surface area contributed by atoms with E-state index in [-0.39, 0.29) is 11.8 Å². The van der Waals surface area contributed by atoms with E-state index in [1.807, 2.05) is 0 Å². The summed E-state index contributed by atoms with van der Waals surface area (Å²) in [6.45, 7) is 5.07. The van der Waals surface area contributed by atoms with Crippen LogP contribution in [0.25, 0.3) is 0 Å². The highest BCUT2D eigenvalue weighted by molar-refractivity contribution is 5.78. The third-order valence-corrected chi connectivity index (χ3v) is 4.39. The fourth-order valence-corrected chi connectivity index (χ4v) is 3.39. The molecule has 0 aromatic heterocycles. The second-order valence-electron chi connectivity index (χ2n) is 6.07. The van der Waals surface area contributed by atoms with Crippen LogP contribution in [0.4, 0.5) is 0 Å². The first-order chi connectivity index (χ1) is 10.2. The summed E-state index contributed by atoms with van der Waals surface area (Å²) in [5.41, 5.74) is 0. The molecule has 2 aliphatic rings. The Morgan fingerprint density at radius 3 is 2.67 bits per heavy atom. The summed E-state index contributed by atoms with van der Waals surface area (Å²) in [6.07, 6.45) is 6.12. The zero-order chi connectivity index (χ0) is 15.1. The molecule has 0 aromatic carbocycles. The van der Waals surface area contributed by atoms with E-state index in [4.69, 9.17) is 0 Å². The van der Waals surface area contributed by atoms with Gasteiger partial charge in [-0.3, -0.25) is 14.5 Å². The fourth-order valence-electron chi connectivity index (χ4n) is 3.39. The molecule has 2 rings (SSSR count). The number of amides is 2. The quantitative estimate of drug-likeness (QED) is 0.596. The molecule has 6 nitrogen and oxygen atoms in total. The summed E-state index contributed by atoms with van der Waals surface area (Å²) in [7, 11) is 0. The number of piperidine rings is 1. The summed E-state index contributed by atoms with van der Waals surface area (Å²) < 4.78 is 0. The average Bonchev–Trinajstić information content (AvgIpc) is 2.98. The molecule has 0 bridgehead atoms. The molecular weight excluding hydrogens is 268 g/mol. The predicted octanol–water partition coefficient (Wildman–Crippen LogP) is -0.155. The van der Waals surface area contributed by atoms with Crippen LogP contribution in [0.5, 0.6) is 0 Å². The van der Waals surface area contributed by atoms with Crippen LogP contribution < -0.4 is 16.0 Å². The van der Waals surface area contributed by atoms with Crippen molar-refractivity contribution in [1.29, 1.82) is 0 Å². The number of hydrogen-bond acceptors (Lipinski definition) is 4. The van der Waals surface area contributed by atoms with E-state index in [9.17, 15) is 9.59 Å². The maximum absolute atomic E-state index is 12.0. The van der Waals surface area contributed by atoms with Gasteiger partial charge in [-0.2, -0.15) is 0 Å². The van der Waals surface area contributed by atoms with E-state index in [0.717, 1.165) is 13.1 Å². The van der Waals surface area contributed by atoms with Gasteiger partial charge < -0.3 is 16.0 Å². The summed E-state index contributed by atoms with van der Waals surface area (Å²) in [5, 5.41) is 9.13. The largest absolute Gasteiger partial charge is 0.355 e. The summed E-state index contributed by atoms with van der Waals surface area (Å²) in [4.78, 5) is 25.1. The number of nitrogens with zero attached hydrogens (tertiary/aromatic N) is 1. The van der Waals surface area contributed by atoms with Gasteiger partial charge in [0.2, 0.25) is 11.8 Å². The summed E-state index contributed by atoms with van der Waals surface area (Å²) in [6, 6.07) is 1.06. The molecule has 0 spiro atoms. The molecule has 0 aliphatic carbocycles. The number of hydrogen-bond donors (Lipinski definition) is 3. The van der Waals surface area contributed by atoms with Gasteiger partial charge in [0, 0.05) is 32.1 Å². The van der Waals surface area contributed by atoms with Gasteiger partial charge in [0.05, 0.1) is 6.54 Å². The van der Waals surface area contributed by atoms with Crippen LogP contribution in [0.1, 0.15) is 39.0 Å². The number of carbonyl (C=O) groups is 2. The maximum Gasteiger partial charge on any atom is 0.234 e. The van der Waals surface area contributed by atoms with Crippen molar-refractivity contribution >= 4 is 11.8 Å². The van der Waals surface area contributed by atoms with Crippen LogP contribution in [0.3, 0.4) is 0 Å². The van der Waals surface area contributed by atoms with E-state index in [1.54, 1.807) is 0 Å². The van der Waals surface area contributed by atoms with E-state index >= 15 is 0 Å². The van der Waals surface area contributed by atoms with Crippen LogP contribution in [-0.2, 0) is 9.59 Å². The maximum atomic E-state index is 12.0. The van der Waals surface area contributed by atoms with Crippen LogP contribution >= 0.6 is 0 Å². The normalized spacial score (nSPS) is 26.5. The second kappa shape index (κ2) is 8.34. The molecule has 6 heteroatoms. The molecule has 120 valence electrons. The van der Waals surface area contributed by atoms with Crippen molar-refractivity contribution in [3.63, 3.8) is 0 Å². The highest BCUT2D eigenvalue weighted by Crippen LogP contribution is 2.23. The SMILES string of the molecule is CC(=O)NCCNC(=O)CN1CCCCC1C1CCCN1. The van der Waals surface area contributed by atoms with Crippen LogP contribution in [0.2, 0.25) is 0 Å². The highest BCUT2D eigenvalue weighted by atomic mass is 16.2. The lowest BCUT2D eigenvalue weighted by molar-refractivity contribution is -0.124. The first-order valence-electron chi connectivity index (χ1n) is 8.15. The van der Waals surface area contributed by atoms with Crippen molar-refractivity contribution in [2.45, 2.75) is 51.1 Å². The molecular formula is C15H28N4O2. The van der Waals surface area contributed by atoms with Crippen molar-refractivity contribution in [1.82, 2.24) is 20.9 Å². The van der Waals surface area contributed by atoms with Gasteiger partial charge in [-0.1, -0.05) is 6.42 Å². The molecule has 2 aliphatic heterocycles. The molecule has 2 saturated heterocycles. The lowest BCUT2D eigenvalue weighted by Crippen LogP contribution is -2.53. The molecule has 2 unspecified atom stereocenters. The van der Waals surface area contributed by atoms with Gasteiger partial charge in [0.25, 0.3) is 0 Å². The zero-order valence-electron chi connectivity index (χ0n) is 13.0. The van der Waals surface area contributed by atoms with E-state index in [2.05, 4.69) is 20.9 Å². The standard InChI is InChI=1S/C15H28N4O2/c1-12(20)16-8-9-18-15(21)11-19-10-3-2-6-14(19)13-5-4-7-17-13/h13-14,17H,2-11H2,1H3,(H,16,20)(H,18,21). The van der Waals surface area contributed by atoms with Gasteiger partial charge in [0.15, 0.2) is 0 Å². The Balaban J connectivity index is 1.73. The summed E-state index contributed by atoms with van der Waals surface area (Å²) in [5.74, 6) is -0.00194. The monoisotopic (exact) mass is 296 g/mol. The number of nitrogens with one attached hydrogen (secondary N) is 3. The average molecular weight is 296 g/mol. The number of carbonyl (C=O) groups excluding carboxylic acids is 2. The molecule has 0 saturated carbocycles. The number of likely N-dealkylation sites (tertiary alicyclic amines) is 1. The Bertz CT molecular complexity index is 356. The van der Waals surface area contributed by atoms with Gasteiger partial charge >= 0.3 is 0 Å². The highest BCUT2D eigenvalue weighted by Gasteiger charge is 2.32. The third-order valence-electron chi connectivity index (χ3n) is 4.39. The predicted molar refractivity (Wildman–Crippen MR) is 81.9 cm³/mol.